The van der Waals surface area contributed by atoms with Gasteiger partial charge in [-0.25, -0.2) is 0 Å². The fraction of sp³-hybridized carbons (Fsp3) is 0.188. The summed E-state index contributed by atoms with van der Waals surface area (Å²) >= 11 is 12.9. The predicted molar refractivity (Wildman–Crippen MR) is 95.2 cm³/mol. The van der Waals surface area contributed by atoms with Gasteiger partial charge >= 0.3 is 6.01 Å². The van der Waals surface area contributed by atoms with Gasteiger partial charge in [-0.3, -0.25) is 10.1 Å². The standard InChI is InChI=1S/C16H13Cl2N3O2S/c1-2-9-3-5-10(6-4-9)7-13-20-21-16(23-13)19-15(22)11-8-12(17)24-14(11)18/h3-6,8H,2,7H2,1H3,(H,19,21,22). The number of carbonyl (C=O) groups is 1. The van der Waals surface area contributed by atoms with Gasteiger partial charge in [0.2, 0.25) is 5.89 Å². The lowest BCUT2D eigenvalue weighted by Crippen LogP contribution is -2.11. The van der Waals surface area contributed by atoms with Crippen molar-refractivity contribution in [2.24, 2.45) is 0 Å². The molecule has 24 heavy (non-hydrogen) atoms. The summed E-state index contributed by atoms with van der Waals surface area (Å²) in [4.78, 5) is 12.1. The second-order valence-corrected chi connectivity index (χ2v) is 7.33. The molecule has 2 heterocycles. The van der Waals surface area contributed by atoms with Crippen LogP contribution in [0.15, 0.2) is 34.7 Å². The van der Waals surface area contributed by atoms with Crippen LogP contribution in [0.2, 0.25) is 8.67 Å². The first-order chi connectivity index (χ1) is 11.5. The highest BCUT2D eigenvalue weighted by Crippen LogP contribution is 2.31. The average molecular weight is 382 g/mol. The predicted octanol–water partition coefficient (Wildman–Crippen LogP) is 4.84. The molecule has 0 saturated carbocycles. The molecule has 1 amide bonds. The van der Waals surface area contributed by atoms with Crippen molar-refractivity contribution in [3.63, 3.8) is 0 Å². The van der Waals surface area contributed by atoms with Crippen LogP contribution >= 0.6 is 34.5 Å². The van der Waals surface area contributed by atoms with Gasteiger partial charge in [0.05, 0.1) is 16.3 Å². The molecule has 0 aliphatic heterocycles. The Morgan fingerprint density at radius 2 is 1.92 bits per heavy atom. The second kappa shape index (κ2) is 7.34. The summed E-state index contributed by atoms with van der Waals surface area (Å²) in [6.45, 7) is 2.11. The fourth-order valence-electron chi connectivity index (χ4n) is 2.10. The van der Waals surface area contributed by atoms with E-state index in [1.807, 2.05) is 12.1 Å². The summed E-state index contributed by atoms with van der Waals surface area (Å²) in [5.41, 5.74) is 2.60. The minimum Gasteiger partial charge on any atom is -0.407 e. The number of benzene rings is 1. The van der Waals surface area contributed by atoms with Crippen molar-refractivity contribution in [2.45, 2.75) is 19.8 Å². The van der Waals surface area contributed by atoms with Crippen LogP contribution in [-0.2, 0) is 12.8 Å². The Kier molecular flexibility index (Phi) is 5.18. The molecule has 0 saturated heterocycles. The lowest BCUT2D eigenvalue weighted by molar-refractivity contribution is 0.102. The molecular weight excluding hydrogens is 369 g/mol. The first-order valence-corrected chi connectivity index (χ1v) is 8.78. The minimum absolute atomic E-state index is 0.0265. The molecule has 0 atom stereocenters. The molecule has 0 unspecified atom stereocenters. The van der Waals surface area contributed by atoms with E-state index >= 15 is 0 Å². The van der Waals surface area contributed by atoms with Crippen LogP contribution in [-0.4, -0.2) is 16.1 Å². The number of aromatic nitrogens is 2. The van der Waals surface area contributed by atoms with Crippen molar-refractivity contribution < 1.29 is 9.21 Å². The van der Waals surface area contributed by atoms with Crippen molar-refractivity contribution in [2.75, 3.05) is 5.32 Å². The summed E-state index contributed by atoms with van der Waals surface area (Å²) in [6.07, 6.45) is 1.49. The Labute approximate surface area is 152 Å². The number of amides is 1. The molecular formula is C16H13Cl2N3O2S. The number of nitrogens with zero attached hydrogens (tertiary/aromatic N) is 2. The normalized spacial score (nSPS) is 10.8. The summed E-state index contributed by atoms with van der Waals surface area (Å²) in [5, 5.41) is 10.3. The van der Waals surface area contributed by atoms with E-state index in [0.29, 0.717) is 21.0 Å². The Morgan fingerprint density at radius 3 is 2.54 bits per heavy atom. The van der Waals surface area contributed by atoms with E-state index in [4.69, 9.17) is 27.6 Å². The zero-order valence-corrected chi connectivity index (χ0v) is 15.0. The summed E-state index contributed by atoms with van der Waals surface area (Å²) in [5.74, 6) is -0.0188. The first kappa shape index (κ1) is 17.0. The maximum atomic E-state index is 12.1. The number of carbonyl (C=O) groups excluding carboxylic acids is 1. The van der Waals surface area contributed by atoms with E-state index in [2.05, 4.69) is 34.6 Å². The third-order valence-corrected chi connectivity index (χ3v) is 4.86. The van der Waals surface area contributed by atoms with Gasteiger partial charge in [-0.15, -0.1) is 16.4 Å². The SMILES string of the molecule is CCc1ccc(Cc2nnc(NC(=O)c3cc(Cl)sc3Cl)o2)cc1. The topological polar surface area (TPSA) is 68.0 Å². The fourth-order valence-corrected chi connectivity index (χ4v) is 3.56. The van der Waals surface area contributed by atoms with Gasteiger partial charge < -0.3 is 4.42 Å². The van der Waals surface area contributed by atoms with Gasteiger partial charge in [-0.2, -0.15) is 0 Å². The Balaban J connectivity index is 1.66. The molecule has 0 fully saturated rings. The molecule has 0 spiro atoms. The number of hydrogen-bond acceptors (Lipinski definition) is 5. The average Bonchev–Trinajstić information content (AvgIpc) is 3.14. The molecule has 1 aromatic carbocycles. The van der Waals surface area contributed by atoms with Crippen molar-refractivity contribution in [1.29, 1.82) is 0 Å². The van der Waals surface area contributed by atoms with Crippen molar-refractivity contribution in [3.05, 3.63) is 61.6 Å². The molecule has 0 radical (unpaired) electrons. The van der Waals surface area contributed by atoms with E-state index < -0.39 is 5.91 Å². The largest absolute Gasteiger partial charge is 0.407 e. The Hall–Kier alpha value is -1.89. The second-order valence-electron chi connectivity index (χ2n) is 5.04. The maximum absolute atomic E-state index is 12.1. The monoisotopic (exact) mass is 381 g/mol. The van der Waals surface area contributed by atoms with Crippen LogP contribution in [0.25, 0.3) is 0 Å². The van der Waals surface area contributed by atoms with E-state index in [0.717, 1.165) is 23.3 Å². The maximum Gasteiger partial charge on any atom is 0.322 e. The number of hydrogen-bond donors (Lipinski definition) is 1. The van der Waals surface area contributed by atoms with Crippen molar-refractivity contribution >= 4 is 46.5 Å². The summed E-state index contributed by atoms with van der Waals surface area (Å²) < 4.78 is 6.21. The van der Waals surface area contributed by atoms with Gasteiger partial charge in [0, 0.05) is 0 Å². The van der Waals surface area contributed by atoms with Crippen LogP contribution in [0.1, 0.15) is 34.3 Å². The number of halogens is 2. The number of thiophene rings is 1. The highest BCUT2D eigenvalue weighted by atomic mass is 35.5. The highest BCUT2D eigenvalue weighted by molar-refractivity contribution is 7.20. The Bertz CT molecular complexity index is 859. The summed E-state index contributed by atoms with van der Waals surface area (Å²) in [6, 6.07) is 9.70. The molecule has 3 aromatic rings. The van der Waals surface area contributed by atoms with Crippen molar-refractivity contribution in [3.8, 4) is 0 Å². The molecule has 5 nitrogen and oxygen atoms in total. The molecule has 0 bridgehead atoms. The highest BCUT2D eigenvalue weighted by Gasteiger charge is 2.17. The molecule has 0 aliphatic carbocycles. The van der Waals surface area contributed by atoms with E-state index in [1.54, 1.807) is 0 Å². The third kappa shape index (κ3) is 3.95. The van der Waals surface area contributed by atoms with Crippen LogP contribution < -0.4 is 5.32 Å². The number of aryl methyl sites for hydroxylation is 1. The minimum atomic E-state index is -0.439. The third-order valence-electron chi connectivity index (χ3n) is 3.38. The van der Waals surface area contributed by atoms with Crippen LogP contribution in [0.5, 0.6) is 0 Å². The zero-order chi connectivity index (χ0) is 17.1. The van der Waals surface area contributed by atoms with Crippen molar-refractivity contribution in [1.82, 2.24) is 10.2 Å². The van der Waals surface area contributed by atoms with Gasteiger partial charge in [-0.05, 0) is 23.6 Å². The van der Waals surface area contributed by atoms with Gasteiger partial charge in [0.25, 0.3) is 5.91 Å². The molecule has 124 valence electrons. The molecule has 0 aliphatic rings. The zero-order valence-electron chi connectivity index (χ0n) is 12.7. The summed E-state index contributed by atoms with van der Waals surface area (Å²) in [7, 11) is 0. The number of rotatable bonds is 5. The molecule has 3 rings (SSSR count). The van der Waals surface area contributed by atoms with E-state index in [9.17, 15) is 4.79 Å². The molecule has 1 N–H and O–H groups in total. The molecule has 8 heteroatoms. The van der Waals surface area contributed by atoms with E-state index in [-0.39, 0.29) is 11.6 Å². The van der Waals surface area contributed by atoms with Gasteiger partial charge in [0.1, 0.15) is 4.34 Å². The lowest BCUT2D eigenvalue weighted by Gasteiger charge is -2.00. The Morgan fingerprint density at radius 1 is 1.21 bits per heavy atom. The molecule has 2 aromatic heterocycles. The quantitative estimate of drug-likeness (QED) is 0.685. The smallest absolute Gasteiger partial charge is 0.322 e. The van der Waals surface area contributed by atoms with Crippen LogP contribution in [0.4, 0.5) is 6.01 Å². The van der Waals surface area contributed by atoms with Gasteiger partial charge in [0.15, 0.2) is 0 Å². The van der Waals surface area contributed by atoms with E-state index in [1.165, 1.54) is 11.6 Å². The van der Waals surface area contributed by atoms with Gasteiger partial charge in [-0.1, -0.05) is 59.5 Å². The lowest BCUT2D eigenvalue weighted by atomic mass is 10.1. The van der Waals surface area contributed by atoms with Crippen LogP contribution in [0.3, 0.4) is 0 Å². The first-order valence-electron chi connectivity index (χ1n) is 7.21. The van der Waals surface area contributed by atoms with Crippen LogP contribution in [0, 0.1) is 0 Å². The number of anilines is 1. The number of nitrogens with one attached hydrogen (secondary N) is 1.